The van der Waals surface area contributed by atoms with Gasteiger partial charge in [0, 0.05) is 23.4 Å². The van der Waals surface area contributed by atoms with Crippen LogP contribution in [0.3, 0.4) is 0 Å². The molecule has 32 heavy (non-hydrogen) atoms. The Bertz CT molecular complexity index is 1140. The molecule has 0 saturated carbocycles. The standard InChI is InChI=1S/C25H24N2O5/c1-16-9-11-19(14-21(16)27-24(29)18-7-5-4-6-8-18)23(28)26-15-17-10-12-22(31-2)20(13-17)25(30)32-3/h4-14H,15H2,1-3H3,(H,26,28)(H,27,29). The van der Waals surface area contributed by atoms with Crippen molar-refractivity contribution in [2.24, 2.45) is 0 Å². The van der Waals surface area contributed by atoms with Crippen molar-refractivity contribution in [3.8, 4) is 5.75 Å². The summed E-state index contributed by atoms with van der Waals surface area (Å²) in [7, 11) is 2.76. The summed E-state index contributed by atoms with van der Waals surface area (Å²) in [6.07, 6.45) is 0. The van der Waals surface area contributed by atoms with Crippen molar-refractivity contribution in [1.29, 1.82) is 0 Å². The maximum Gasteiger partial charge on any atom is 0.341 e. The van der Waals surface area contributed by atoms with Gasteiger partial charge in [-0.25, -0.2) is 4.79 Å². The van der Waals surface area contributed by atoms with Gasteiger partial charge in [-0.3, -0.25) is 9.59 Å². The summed E-state index contributed by atoms with van der Waals surface area (Å²) in [5.74, 6) is -0.688. The lowest BCUT2D eigenvalue weighted by Gasteiger charge is -2.12. The van der Waals surface area contributed by atoms with E-state index in [4.69, 9.17) is 9.47 Å². The number of rotatable bonds is 7. The first-order chi connectivity index (χ1) is 15.4. The number of benzene rings is 3. The van der Waals surface area contributed by atoms with Gasteiger partial charge >= 0.3 is 5.97 Å². The molecule has 0 aliphatic heterocycles. The van der Waals surface area contributed by atoms with Crippen LogP contribution in [-0.4, -0.2) is 32.0 Å². The second kappa shape index (κ2) is 10.3. The fourth-order valence-corrected chi connectivity index (χ4v) is 3.10. The molecular weight excluding hydrogens is 408 g/mol. The topological polar surface area (TPSA) is 93.7 Å². The van der Waals surface area contributed by atoms with E-state index in [9.17, 15) is 14.4 Å². The summed E-state index contributed by atoms with van der Waals surface area (Å²) >= 11 is 0. The van der Waals surface area contributed by atoms with Gasteiger partial charge in [-0.2, -0.15) is 0 Å². The predicted molar refractivity (Wildman–Crippen MR) is 121 cm³/mol. The second-order valence-electron chi connectivity index (χ2n) is 7.06. The molecule has 2 amide bonds. The first kappa shape index (κ1) is 22.6. The van der Waals surface area contributed by atoms with E-state index in [0.29, 0.717) is 28.1 Å². The number of carbonyl (C=O) groups excluding carboxylic acids is 3. The number of anilines is 1. The number of methoxy groups -OCH3 is 2. The zero-order valence-electron chi connectivity index (χ0n) is 18.1. The highest BCUT2D eigenvalue weighted by molar-refractivity contribution is 6.05. The van der Waals surface area contributed by atoms with Crippen LogP contribution in [0.5, 0.6) is 5.75 Å². The third-order valence-electron chi connectivity index (χ3n) is 4.91. The average Bonchev–Trinajstić information content (AvgIpc) is 2.83. The van der Waals surface area contributed by atoms with Gasteiger partial charge in [-0.05, 0) is 54.4 Å². The highest BCUT2D eigenvalue weighted by Crippen LogP contribution is 2.21. The lowest BCUT2D eigenvalue weighted by molar-refractivity contribution is 0.0596. The largest absolute Gasteiger partial charge is 0.496 e. The number of hydrogen-bond acceptors (Lipinski definition) is 5. The van der Waals surface area contributed by atoms with Crippen molar-refractivity contribution in [1.82, 2.24) is 5.32 Å². The Morgan fingerprint density at radius 2 is 1.59 bits per heavy atom. The molecule has 164 valence electrons. The molecule has 7 heteroatoms. The Morgan fingerprint density at radius 1 is 0.844 bits per heavy atom. The number of aryl methyl sites for hydroxylation is 1. The monoisotopic (exact) mass is 432 g/mol. The van der Waals surface area contributed by atoms with Crippen LogP contribution in [0.15, 0.2) is 66.7 Å². The van der Waals surface area contributed by atoms with Gasteiger partial charge in [-0.15, -0.1) is 0 Å². The lowest BCUT2D eigenvalue weighted by Crippen LogP contribution is -2.23. The van der Waals surface area contributed by atoms with Crippen LogP contribution >= 0.6 is 0 Å². The number of esters is 1. The zero-order valence-corrected chi connectivity index (χ0v) is 18.1. The van der Waals surface area contributed by atoms with Gasteiger partial charge in [0.1, 0.15) is 11.3 Å². The van der Waals surface area contributed by atoms with Crippen molar-refractivity contribution < 1.29 is 23.9 Å². The SMILES string of the molecule is COC(=O)c1cc(CNC(=O)c2ccc(C)c(NC(=O)c3ccccc3)c2)ccc1OC. The normalized spacial score (nSPS) is 10.2. The van der Waals surface area contributed by atoms with Crippen molar-refractivity contribution >= 4 is 23.5 Å². The van der Waals surface area contributed by atoms with Crippen LogP contribution in [0.25, 0.3) is 0 Å². The van der Waals surface area contributed by atoms with E-state index in [0.717, 1.165) is 5.56 Å². The van der Waals surface area contributed by atoms with E-state index in [1.54, 1.807) is 60.7 Å². The summed E-state index contributed by atoms with van der Waals surface area (Å²) in [6.45, 7) is 2.06. The van der Waals surface area contributed by atoms with E-state index in [-0.39, 0.29) is 23.9 Å². The third-order valence-corrected chi connectivity index (χ3v) is 4.91. The quantitative estimate of drug-likeness (QED) is 0.551. The van der Waals surface area contributed by atoms with Crippen LogP contribution in [0.1, 0.15) is 42.2 Å². The fourth-order valence-electron chi connectivity index (χ4n) is 3.10. The highest BCUT2D eigenvalue weighted by Gasteiger charge is 2.15. The Hall–Kier alpha value is -4.13. The molecule has 0 aliphatic carbocycles. The van der Waals surface area contributed by atoms with Gasteiger partial charge in [0.2, 0.25) is 0 Å². The van der Waals surface area contributed by atoms with Crippen LogP contribution in [0.4, 0.5) is 5.69 Å². The Labute approximate surface area is 186 Å². The van der Waals surface area contributed by atoms with Crippen LogP contribution in [0.2, 0.25) is 0 Å². The Balaban J connectivity index is 1.71. The molecule has 0 spiro atoms. The minimum Gasteiger partial charge on any atom is -0.496 e. The van der Waals surface area contributed by atoms with E-state index in [2.05, 4.69) is 10.6 Å². The first-order valence-corrected chi connectivity index (χ1v) is 9.93. The molecule has 3 aromatic carbocycles. The molecule has 0 saturated heterocycles. The predicted octanol–water partition coefficient (Wildman–Crippen LogP) is 3.97. The van der Waals surface area contributed by atoms with Gasteiger partial charge in [0.25, 0.3) is 11.8 Å². The molecule has 2 N–H and O–H groups in total. The Morgan fingerprint density at radius 3 is 2.28 bits per heavy atom. The molecule has 7 nitrogen and oxygen atoms in total. The molecule has 0 bridgehead atoms. The van der Waals surface area contributed by atoms with Crippen molar-refractivity contribution in [3.63, 3.8) is 0 Å². The smallest absolute Gasteiger partial charge is 0.341 e. The number of hydrogen-bond donors (Lipinski definition) is 2. The van der Waals surface area contributed by atoms with E-state index >= 15 is 0 Å². The summed E-state index contributed by atoms with van der Waals surface area (Å²) in [5.41, 5.74) is 3.32. The molecule has 0 aliphatic rings. The number of amides is 2. The molecule has 0 atom stereocenters. The first-order valence-electron chi connectivity index (χ1n) is 9.93. The number of ether oxygens (including phenoxy) is 2. The van der Waals surface area contributed by atoms with E-state index in [1.807, 2.05) is 13.0 Å². The molecule has 0 radical (unpaired) electrons. The van der Waals surface area contributed by atoms with E-state index < -0.39 is 5.97 Å². The van der Waals surface area contributed by atoms with Crippen molar-refractivity contribution in [2.45, 2.75) is 13.5 Å². The zero-order chi connectivity index (χ0) is 23.1. The molecule has 0 fully saturated rings. The van der Waals surface area contributed by atoms with E-state index in [1.165, 1.54) is 14.2 Å². The van der Waals surface area contributed by atoms with Gasteiger partial charge in [-0.1, -0.05) is 30.3 Å². The van der Waals surface area contributed by atoms with Crippen LogP contribution < -0.4 is 15.4 Å². The van der Waals surface area contributed by atoms with Crippen molar-refractivity contribution in [3.05, 3.63) is 94.5 Å². The van der Waals surface area contributed by atoms with Crippen LogP contribution in [0, 0.1) is 6.92 Å². The molecule has 3 rings (SSSR count). The average molecular weight is 432 g/mol. The third kappa shape index (κ3) is 5.31. The summed E-state index contributed by atoms with van der Waals surface area (Å²) < 4.78 is 9.96. The summed E-state index contributed by atoms with van der Waals surface area (Å²) in [6, 6.07) is 19.0. The number of nitrogens with one attached hydrogen (secondary N) is 2. The molecule has 0 aromatic heterocycles. The fraction of sp³-hybridized carbons (Fsp3) is 0.160. The molecular formula is C25H24N2O5. The summed E-state index contributed by atoms with van der Waals surface area (Å²) in [5, 5.41) is 5.67. The minimum absolute atomic E-state index is 0.201. The van der Waals surface area contributed by atoms with Gasteiger partial charge in [0.05, 0.1) is 14.2 Å². The minimum atomic E-state index is -0.521. The Kier molecular flexibility index (Phi) is 7.23. The molecule has 3 aromatic rings. The second-order valence-corrected chi connectivity index (χ2v) is 7.06. The molecule has 0 unspecified atom stereocenters. The van der Waals surface area contributed by atoms with Crippen LogP contribution in [-0.2, 0) is 11.3 Å². The number of carbonyl (C=O) groups is 3. The molecule has 0 heterocycles. The van der Waals surface area contributed by atoms with Gasteiger partial charge in [0.15, 0.2) is 0 Å². The lowest BCUT2D eigenvalue weighted by atomic mass is 10.1. The maximum absolute atomic E-state index is 12.7. The van der Waals surface area contributed by atoms with Gasteiger partial charge < -0.3 is 20.1 Å². The maximum atomic E-state index is 12.7. The highest BCUT2D eigenvalue weighted by atomic mass is 16.5. The van der Waals surface area contributed by atoms with Crippen molar-refractivity contribution in [2.75, 3.05) is 19.5 Å². The summed E-state index contributed by atoms with van der Waals surface area (Å²) in [4.78, 5) is 37.1.